The van der Waals surface area contributed by atoms with Crippen LogP contribution in [0.15, 0.2) is 65.0 Å². The Hall–Kier alpha value is -2.13. The molecule has 1 heterocycles. The SMILES string of the molecule is CN=C(NCCc1csc(C)n1)NCc1cccc(COc2ccccc2)c1.I. The Morgan fingerprint density at radius 3 is 2.59 bits per heavy atom. The largest absolute Gasteiger partial charge is 0.489 e. The molecule has 7 heteroatoms. The van der Waals surface area contributed by atoms with E-state index in [1.165, 1.54) is 5.56 Å². The van der Waals surface area contributed by atoms with Gasteiger partial charge in [0.15, 0.2) is 5.96 Å². The van der Waals surface area contributed by atoms with Crippen molar-refractivity contribution in [1.82, 2.24) is 15.6 Å². The lowest BCUT2D eigenvalue weighted by atomic mass is 10.1. The minimum absolute atomic E-state index is 0. The lowest BCUT2D eigenvalue weighted by Crippen LogP contribution is -2.37. The van der Waals surface area contributed by atoms with E-state index in [0.717, 1.165) is 40.9 Å². The van der Waals surface area contributed by atoms with Gasteiger partial charge in [-0.25, -0.2) is 4.98 Å². The topological polar surface area (TPSA) is 58.5 Å². The van der Waals surface area contributed by atoms with Crippen molar-refractivity contribution in [3.63, 3.8) is 0 Å². The van der Waals surface area contributed by atoms with Gasteiger partial charge in [-0.1, -0.05) is 42.5 Å². The molecule has 2 N–H and O–H groups in total. The number of thiazole rings is 1. The first kappa shape index (κ1) is 23.2. The highest BCUT2D eigenvalue weighted by molar-refractivity contribution is 14.0. The highest BCUT2D eigenvalue weighted by atomic mass is 127. The van der Waals surface area contributed by atoms with Gasteiger partial charge in [0, 0.05) is 31.9 Å². The number of hydrogen-bond donors (Lipinski definition) is 2. The normalized spacial score (nSPS) is 10.9. The first-order valence-electron chi connectivity index (χ1n) is 9.34. The molecule has 0 aliphatic carbocycles. The van der Waals surface area contributed by atoms with Crippen LogP contribution in [0.4, 0.5) is 0 Å². The van der Waals surface area contributed by atoms with E-state index in [9.17, 15) is 0 Å². The van der Waals surface area contributed by atoms with Gasteiger partial charge < -0.3 is 15.4 Å². The molecule has 5 nitrogen and oxygen atoms in total. The standard InChI is InChI=1S/C22H26N4OS.HI/c1-17-26-20(16-28-17)11-12-24-22(23-2)25-14-18-7-6-8-19(13-18)15-27-21-9-4-3-5-10-21;/h3-10,13,16H,11-12,14-15H2,1-2H3,(H2,23,24,25);1H. The van der Waals surface area contributed by atoms with Crippen LogP contribution in [0.3, 0.4) is 0 Å². The zero-order valence-corrected chi connectivity index (χ0v) is 19.9. The highest BCUT2D eigenvalue weighted by Crippen LogP contribution is 2.13. The summed E-state index contributed by atoms with van der Waals surface area (Å²) in [7, 11) is 1.78. The predicted molar refractivity (Wildman–Crippen MR) is 131 cm³/mol. The summed E-state index contributed by atoms with van der Waals surface area (Å²) >= 11 is 1.69. The van der Waals surface area contributed by atoms with Crippen LogP contribution >= 0.6 is 35.3 Å². The van der Waals surface area contributed by atoms with Crippen LogP contribution < -0.4 is 15.4 Å². The lowest BCUT2D eigenvalue weighted by molar-refractivity contribution is 0.306. The number of ether oxygens (including phenoxy) is 1. The van der Waals surface area contributed by atoms with Crippen molar-refractivity contribution in [2.75, 3.05) is 13.6 Å². The molecule has 0 unspecified atom stereocenters. The van der Waals surface area contributed by atoms with Gasteiger partial charge in [0.2, 0.25) is 0 Å². The smallest absolute Gasteiger partial charge is 0.191 e. The van der Waals surface area contributed by atoms with Crippen LogP contribution in [0, 0.1) is 6.92 Å². The number of para-hydroxylation sites is 1. The van der Waals surface area contributed by atoms with Crippen molar-refractivity contribution in [3.8, 4) is 5.75 Å². The number of benzene rings is 2. The van der Waals surface area contributed by atoms with Crippen LogP contribution in [0.25, 0.3) is 0 Å². The van der Waals surface area contributed by atoms with Gasteiger partial charge in [-0.3, -0.25) is 4.99 Å². The Morgan fingerprint density at radius 2 is 1.86 bits per heavy atom. The monoisotopic (exact) mass is 522 g/mol. The van der Waals surface area contributed by atoms with Crippen molar-refractivity contribution >= 4 is 41.3 Å². The molecule has 1 aromatic heterocycles. The Bertz CT molecular complexity index is 899. The zero-order chi connectivity index (χ0) is 19.6. The predicted octanol–water partition coefficient (Wildman–Crippen LogP) is 4.56. The molecule has 0 atom stereocenters. The third-order valence-corrected chi connectivity index (χ3v) is 4.99. The van der Waals surface area contributed by atoms with E-state index in [4.69, 9.17) is 4.74 Å². The number of guanidine groups is 1. The summed E-state index contributed by atoms with van der Waals surface area (Å²) in [5.41, 5.74) is 3.45. The van der Waals surface area contributed by atoms with Gasteiger partial charge in [-0.05, 0) is 30.2 Å². The summed E-state index contributed by atoms with van der Waals surface area (Å²) < 4.78 is 5.83. The second kappa shape index (κ2) is 12.4. The second-order valence-electron chi connectivity index (χ2n) is 6.38. The number of aromatic nitrogens is 1. The molecule has 2 aromatic carbocycles. The molecule has 3 aromatic rings. The number of rotatable bonds is 8. The number of nitrogens with one attached hydrogen (secondary N) is 2. The average Bonchev–Trinajstić information content (AvgIpc) is 3.15. The van der Waals surface area contributed by atoms with Crippen LogP contribution in [-0.2, 0) is 19.6 Å². The van der Waals surface area contributed by atoms with Gasteiger partial charge in [-0.15, -0.1) is 35.3 Å². The summed E-state index contributed by atoms with van der Waals surface area (Å²) in [6.45, 7) is 4.08. The molecule has 0 spiro atoms. The molecule has 0 bridgehead atoms. The molecule has 0 saturated heterocycles. The Kier molecular flexibility index (Phi) is 9.93. The van der Waals surface area contributed by atoms with Crippen molar-refractivity contribution < 1.29 is 4.74 Å². The molecule has 0 saturated carbocycles. The van der Waals surface area contributed by atoms with Crippen LogP contribution in [-0.4, -0.2) is 24.5 Å². The maximum atomic E-state index is 5.83. The molecule has 0 aliphatic heterocycles. The van der Waals surface area contributed by atoms with Gasteiger partial charge >= 0.3 is 0 Å². The first-order valence-corrected chi connectivity index (χ1v) is 10.2. The molecule has 0 aliphatic rings. The number of aliphatic imine (C=N–C) groups is 1. The van der Waals surface area contributed by atoms with Crippen molar-refractivity contribution in [3.05, 3.63) is 81.8 Å². The summed E-state index contributed by atoms with van der Waals surface area (Å²) in [5, 5.41) is 9.91. The molecule has 0 fully saturated rings. The number of hydrogen-bond acceptors (Lipinski definition) is 4. The third-order valence-electron chi connectivity index (χ3n) is 4.16. The average molecular weight is 522 g/mol. The molecular weight excluding hydrogens is 495 g/mol. The van der Waals surface area contributed by atoms with Crippen LogP contribution in [0.2, 0.25) is 0 Å². The fraction of sp³-hybridized carbons (Fsp3) is 0.273. The maximum Gasteiger partial charge on any atom is 0.191 e. The summed E-state index contributed by atoms with van der Waals surface area (Å²) in [4.78, 5) is 8.77. The van der Waals surface area contributed by atoms with Gasteiger partial charge in [-0.2, -0.15) is 0 Å². The lowest BCUT2D eigenvalue weighted by Gasteiger charge is -2.12. The molecular formula is C22H27IN4OS. The van der Waals surface area contributed by atoms with E-state index in [2.05, 4.69) is 50.3 Å². The van der Waals surface area contributed by atoms with E-state index < -0.39 is 0 Å². The zero-order valence-electron chi connectivity index (χ0n) is 16.7. The molecule has 29 heavy (non-hydrogen) atoms. The minimum Gasteiger partial charge on any atom is -0.489 e. The van der Waals surface area contributed by atoms with Gasteiger partial charge in [0.25, 0.3) is 0 Å². The highest BCUT2D eigenvalue weighted by Gasteiger charge is 2.02. The number of halogens is 1. The minimum atomic E-state index is 0. The number of aryl methyl sites for hydroxylation is 1. The summed E-state index contributed by atoms with van der Waals surface area (Å²) in [6.07, 6.45) is 0.886. The van der Waals surface area contributed by atoms with E-state index in [-0.39, 0.29) is 24.0 Å². The Balaban J connectivity index is 0.00000300. The van der Waals surface area contributed by atoms with Crippen molar-refractivity contribution in [2.24, 2.45) is 4.99 Å². The first-order chi connectivity index (χ1) is 13.7. The summed E-state index contributed by atoms with van der Waals surface area (Å²) in [5.74, 6) is 1.67. The van der Waals surface area contributed by atoms with E-state index in [0.29, 0.717) is 13.2 Å². The Morgan fingerprint density at radius 1 is 1.07 bits per heavy atom. The fourth-order valence-corrected chi connectivity index (χ4v) is 3.40. The third kappa shape index (κ3) is 8.02. The fourth-order valence-electron chi connectivity index (χ4n) is 2.75. The quantitative estimate of drug-likeness (QED) is 0.259. The van der Waals surface area contributed by atoms with Crippen molar-refractivity contribution in [1.29, 1.82) is 0 Å². The molecule has 0 radical (unpaired) electrons. The second-order valence-corrected chi connectivity index (χ2v) is 7.44. The van der Waals surface area contributed by atoms with E-state index in [1.54, 1.807) is 18.4 Å². The van der Waals surface area contributed by atoms with Gasteiger partial charge in [0.1, 0.15) is 12.4 Å². The van der Waals surface area contributed by atoms with E-state index in [1.807, 2.05) is 37.3 Å². The van der Waals surface area contributed by atoms with Crippen LogP contribution in [0.5, 0.6) is 5.75 Å². The van der Waals surface area contributed by atoms with Crippen LogP contribution in [0.1, 0.15) is 21.8 Å². The van der Waals surface area contributed by atoms with Gasteiger partial charge in [0.05, 0.1) is 10.7 Å². The van der Waals surface area contributed by atoms with Crippen molar-refractivity contribution in [2.45, 2.75) is 26.5 Å². The van der Waals surface area contributed by atoms with E-state index >= 15 is 0 Å². The summed E-state index contributed by atoms with van der Waals surface area (Å²) in [6, 6.07) is 18.3. The number of nitrogens with zero attached hydrogens (tertiary/aromatic N) is 2. The maximum absolute atomic E-state index is 5.83. The molecule has 154 valence electrons. The Labute approximate surface area is 193 Å². The molecule has 3 rings (SSSR count). The molecule has 0 amide bonds.